The fourth-order valence-electron chi connectivity index (χ4n) is 2.54. The van der Waals surface area contributed by atoms with Crippen LogP contribution >= 0.6 is 0 Å². The first-order chi connectivity index (χ1) is 13.1. The number of ether oxygens (including phenoxy) is 4. The summed E-state index contributed by atoms with van der Waals surface area (Å²) < 4.78 is 21.4. The molecule has 0 saturated heterocycles. The van der Waals surface area contributed by atoms with Gasteiger partial charge in [0.15, 0.2) is 17.2 Å². The van der Waals surface area contributed by atoms with Crippen LogP contribution in [-0.2, 0) is 9.53 Å². The van der Waals surface area contributed by atoms with Gasteiger partial charge in [0.05, 0.1) is 20.8 Å². The van der Waals surface area contributed by atoms with E-state index in [2.05, 4.69) is 11.9 Å². The molecule has 0 atom stereocenters. The van der Waals surface area contributed by atoms with Gasteiger partial charge in [-0.25, -0.2) is 9.79 Å². The lowest BCUT2D eigenvalue weighted by Gasteiger charge is -2.08. The van der Waals surface area contributed by atoms with Gasteiger partial charge in [0.2, 0.25) is 5.90 Å². The summed E-state index contributed by atoms with van der Waals surface area (Å²) in [6.45, 7) is 2.73. The Morgan fingerprint density at radius 2 is 1.78 bits per heavy atom. The predicted octanol–water partition coefficient (Wildman–Crippen LogP) is 3.84. The highest BCUT2D eigenvalue weighted by atomic mass is 16.6. The Labute approximate surface area is 158 Å². The number of esters is 1. The third-order valence-corrected chi connectivity index (χ3v) is 3.91. The van der Waals surface area contributed by atoms with Crippen LogP contribution in [-0.4, -0.2) is 32.7 Å². The summed E-state index contributed by atoms with van der Waals surface area (Å²) in [4.78, 5) is 16.5. The van der Waals surface area contributed by atoms with Crippen LogP contribution in [0.1, 0.15) is 24.5 Å². The van der Waals surface area contributed by atoms with Gasteiger partial charge < -0.3 is 18.9 Å². The average molecular weight is 367 g/mol. The Kier molecular flexibility index (Phi) is 5.76. The molecule has 140 valence electrons. The van der Waals surface area contributed by atoms with Crippen molar-refractivity contribution in [2.45, 2.75) is 13.3 Å². The first-order valence-electron chi connectivity index (χ1n) is 8.62. The van der Waals surface area contributed by atoms with Crippen LogP contribution in [0.25, 0.3) is 6.08 Å². The largest absolute Gasteiger partial charge is 0.494 e. The minimum atomic E-state index is -0.494. The zero-order chi connectivity index (χ0) is 19.2. The monoisotopic (exact) mass is 367 g/mol. The minimum absolute atomic E-state index is 0.232. The molecular formula is C21H21NO5. The van der Waals surface area contributed by atoms with E-state index in [1.54, 1.807) is 38.5 Å². The van der Waals surface area contributed by atoms with E-state index in [-0.39, 0.29) is 11.6 Å². The molecule has 1 aliphatic rings. The highest BCUT2D eigenvalue weighted by molar-refractivity contribution is 6.13. The van der Waals surface area contributed by atoms with E-state index >= 15 is 0 Å². The van der Waals surface area contributed by atoms with E-state index in [4.69, 9.17) is 18.9 Å². The van der Waals surface area contributed by atoms with E-state index in [9.17, 15) is 4.79 Å². The summed E-state index contributed by atoms with van der Waals surface area (Å²) >= 11 is 0. The van der Waals surface area contributed by atoms with Gasteiger partial charge in [-0.2, -0.15) is 0 Å². The molecule has 0 aromatic heterocycles. The van der Waals surface area contributed by atoms with Crippen molar-refractivity contribution in [3.8, 4) is 17.2 Å². The van der Waals surface area contributed by atoms with Gasteiger partial charge in [0.1, 0.15) is 5.75 Å². The fraction of sp³-hybridized carbons (Fsp3) is 0.238. The Morgan fingerprint density at radius 3 is 2.44 bits per heavy atom. The number of carbonyl (C=O) groups excluding carboxylic acids is 1. The molecule has 2 aromatic rings. The number of hydrogen-bond donors (Lipinski definition) is 0. The second-order valence-corrected chi connectivity index (χ2v) is 5.82. The molecule has 0 saturated carbocycles. The first-order valence-corrected chi connectivity index (χ1v) is 8.62. The highest BCUT2D eigenvalue weighted by Gasteiger charge is 2.25. The van der Waals surface area contributed by atoms with Crippen molar-refractivity contribution < 1.29 is 23.7 Å². The molecule has 0 aliphatic carbocycles. The van der Waals surface area contributed by atoms with Gasteiger partial charge in [-0.15, -0.1) is 0 Å². The molecule has 0 radical (unpaired) electrons. The number of rotatable bonds is 7. The van der Waals surface area contributed by atoms with Gasteiger partial charge in [0.25, 0.3) is 0 Å². The van der Waals surface area contributed by atoms with Gasteiger partial charge in [-0.3, -0.25) is 0 Å². The Hall–Kier alpha value is -3.28. The van der Waals surface area contributed by atoms with E-state index in [0.717, 1.165) is 17.7 Å². The van der Waals surface area contributed by atoms with Gasteiger partial charge in [0, 0.05) is 5.56 Å². The molecule has 27 heavy (non-hydrogen) atoms. The molecule has 0 bridgehead atoms. The number of benzene rings is 2. The molecule has 0 unspecified atom stereocenters. The number of carbonyl (C=O) groups is 1. The maximum atomic E-state index is 12.2. The second-order valence-electron chi connectivity index (χ2n) is 5.82. The van der Waals surface area contributed by atoms with E-state index < -0.39 is 5.97 Å². The van der Waals surface area contributed by atoms with Crippen LogP contribution in [0.2, 0.25) is 0 Å². The number of methoxy groups -OCH3 is 2. The number of aliphatic imine (C=N–C) groups is 1. The fourth-order valence-corrected chi connectivity index (χ4v) is 2.54. The van der Waals surface area contributed by atoms with Crippen molar-refractivity contribution in [1.29, 1.82) is 0 Å². The summed E-state index contributed by atoms with van der Waals surface area (Å²) in [5.74, 6) is 1.66. The van der Waals surface area contributed by atoms with Crippen molar-refractivity contribution in [2.24, 2.45) is 4.99 Å². The van der Waals surface area contributed by atoms with Crippen molar-refractivity contribution in [3.63, 3.8) is 0 Å². The lowest BCUT2D eigenvalue weighted by Crippen LogP contribution is -2.06. The standard InChI is InChI=1S/C21H21NO5/c1-4-11-26-16-8-5-14(6-9-16)12-17-21(23)27-20(22-17)15-7-10-18(24-2)19(13-15)25-3/h5-10,12-13H,4,11H2,1-3H3. The predicted molar refractivity (Wildman–Crippen MR) is 102 cm³/mol. The molecule has 2 aromatic carbocycles. The topological polar surface area (TPSA) is 66.3 Å². The Bertz CT molecular complexity index is 884. The summed E-state index contributed by atoms with van der Waals surface area (Å²) in [6.07, 6.45) is 2.63. The molecular weight excluding hydrogens is 346 g/mol. The van der Waals surface area contributed by atoms with Gasteiger partial charge >= 0.3 is 5.97 Å². The van der Waals surface area contributed by atoms with Gasteiger partial charge in [-0.1, -0.05) is 19.1 Å². The first kappa shape index (κ1) is 18.5. The summed E-state index contributed by atoms with van der Waals surface area (Å²) in [6, 6.07) is 12.7. The number of hydrogen-bond acceptors (Lipinski definition) is 6. The third kappa shape index (κ3) is 4.28. The SMILES string of the molecule is CCCOc1ccc(C=C2N=C(c3ccc(OC)c(OC)c3)OC2=O)cc1. The number of nitrogens with zero attached hydrogens (tertiary/aromatic N) is 1. The molecule has 1 aliphatic heterocycles. The molecule has 6 heteroatoms. The molecule has 6 nitrogen and oxygen atoms in total. The number of cyclic esters (lactones) is 1. The highest BCUT2D eigenvalue weighted by Crippen LogP contribution is 2.29. The summed E-state index contributed by atoms with van der Waals surface area (Å²) in [7, 11) is 3.10. The van der Waals surface area contributed by atoms with Crippen LogP contribution in [0.4, 0.5) is 0 Å². The van der Waals surface area contributed by atoms with Crippen LogP contribution in [0.15, 0.2) is 53.2 Å². The molecule has 0 spiro atoms. The van der Waals surface area contributed by atoms with Crippen LogP contribution < -0.4 is 14.2 Å². The lowest BCUT2D eigenvalue weighted by molar-refractivity contribution is -0.129. The second kappa shape index (κ2) is 8.40. The molecule has 1 heterocycles. The molecule has 0 fully saturated rings. The minimum Gasteiger partial charge on any atom is -0.494 e. The maximum Gasteiger partial charge on any atom is 0.363 e. The van der Waals surface area contributed by atoms with Gasteiger partial charge in [-0.05, 0) is 48.4 Å². The Morgan fingerprint density at radius 1 is 1.04 bits per heavy atom. The third-order valence-electron chi connectivity index (χ3n) is 3.91. The van der Waals surface area contributed by atoms with Crippen molar-refractivity contribution in [3.05, 3.63) is 59.3 Å². The van der Waals surface area contributed by atoms with Crippen LogP contribution in [0.5, 0.6) is 17.2 Å². The molecule has 3 rings (SSSR count). The normalized spacial score (nSPS) is 14.7. The quantitative estimate of drug-likeness (QED) is 0.549. The average Bonchev–Trinajstić information content (AvgIpc) is 3.07. The van der Waals surface area contributed by atoms with E-state index in [1.807, 2.05) is 24.3 Å². The zero-order valence-corrected chi connectivity index (χ0v) is 15.5. The van der Waals surface area contributed by atoms with E-state index in [0.29, 0.717) is 23.7 Å². The summed E-state index contributed by atoms with van der Waals surface area (Å²) in [5.41, 5.74) is 1.71. The lowest BCUT2D eigenvalue weighted by atomic mass is 10.2. The van der Waals surface area contributed by atoms with Crippen LogP contribution in [0.3, 0.4) is 0 Å². The maximum absolute atomic E-state index is 12.2. The summed E-state index contributed by atoms with van der Waals surface area (Å²) in [5, 5.41) is 0. The van der Waals surface area contributed by atoms with Crippen LogP contribution in [0, 0.1) is 0 Å². The van der Waals surface area contributed by atoms with Crippen molar-refractivity contribution >= 4 is 17.9 Å². The smallest absolute Gasteiger partial charge is 0.363 e. The van der Waals surface area contributed by atoms with E-state index in [1.165, 1.54) is 0 Å². The van der Waals surface area contributed by atoms with Crippen molar-refractivity contribution in [1.82, 2.24) is 0 Å². The molecule has 0 N–H and O–H groups in total. The Balaban J connectivity index is 1.82. The molecule has 0 amide bonds. The zero-order valence-electron chi connectivity index (χ0n) is 15.5. The van der Waals surface area contributed by atoms with Crippen molar-refractivity contribution in [2.75, 3.05) is 20.8 Å².